The van der Waals surface area contributed by atoms with E-state index in [1.807, 2.05) is 31.2 Å². The summed E-state index contributed by atoms with van der Waals surface area (Å²) in [5, 5.41) is 4.37. The van der Waals surface area contributed by atoms with Crippen molar-refractivity contribution in [3.8, 4) is 22.9 Å². The molecule has 0 aliphatic heterocycles. The number of benzene rings is 2. The van der Waals surface area contributed by atoms with E-state index in [1.54, 1.807) is 24.3 Å². The number of hydrogen-bond acceptors (Lipinski definition) is 6. The van der Waals surface area contributed by atoms with Gasteiger partial charge in [0.25, 0.3) is 0 Å². The Morgan fingerprint density at radius 2 is 1.78 bits per heavy atom. The molecule has 8 nitrogen and oxygen atoms in total. The maximum atomic E-state index is 12.4. The molecule has 1 N–H and O–H groups in total. The Morgan fingerprint density at radius 3 is 2.46 bits per heavy atom. The van der Waals surface area contributed by atoms with Crippen LogP contribution in [0.2, 0.25) is 5.02 Å². The van der Waals surface area contributed by atoms with Gasteiger partial charge in [0.15, 0.2) is 17.3 Å². The van der Waals surface area contributed by atoms with Gasteiger partial charge in [0.05, 0.1) is 25.0 Å². The summed E-state index contributed by atoms with van der Waals surface area (Å²) < 4.78 is 24.4. The van der Waals surface area contributed by atoms with E-state index in [0.29, 0.717) is 40.2 Å². The molecule has 0 saturated carbocycles. The van der Waals surface area contributed by atoms with E-state index >= 15 is 0 Å². The molecule has 0 aliphatic carbocycles. The molecule has 0 aliphatic rings. The first-order valence-corrected chi connectivity index (χ1v) is 12.1. The Bertz CT molecular complexity index is 1390. The number of amides is 1. The van der Waals surface area contributed by atoms with Crippen LogP contribution in [0.25, 0.3) is 5.69 Å². The van der Waals surface area contributed by atoms with Gasteiger partial charge in [-0.15, -0.1) is 0 Å². The third-order valence-electron chi connectivity index (χ3n) is 5.55. The van der Waals surface area contributed by atoms with E-state index in [9.17, 15) is 4.79 Å². The van der Waals surface area contributed by atoms with Crippen LogP contribution in [0.5, 0.6) is 17.2 Å². The lowest BCUT2D eigenvalue weighted by molar-refractivity contribution is 0.0923. The number of halogens is 1. The quantitative estimate of drug-likeness (QED) is 0.201. The lowest BCUT2D eigenvalue weighted by Gasteiger charge is -2.11. The molecule has 4 rings (SSSR count). The lowest BCUT2D eigenvalue weighted by atomic mass is 10.2. The van der Waals surface area contributed by atoms with Crippen molar-refractivity contribution < 1.29 is 23.4 Å². The minimum absolute atomic E-state index is 0.118. The van der Waals surface area contributed by atoms with Crippen LogP contribution in [0.15, 0.2) is 70.2 Å². The predicted octanol–water partition coefficient (Wildman–Crippen LogP) is 6.09. The minimum Gasteiger partial charge on any atom is -0.493 e. The molecule has 0 unspecified atom stereocenters. The van der Waals surface area contributed by atoms with Crippen molar-refractivity contribution in [3.05, 3.63) is 94.2 Å². The third kappa shape index (κ3) is 6.16. The molecular formula is C28H28ClN3O5. The van der Waals surface area contributed by atoms with Crippen molar-refractivity contribution in [3.63, 3.8) is 0 Å². The van der Waals surface area contributed by atoms with E-state index in [2.05, 4.69) is 41.1 Å². The van der Waals surface area contributed by atoms with E-state index < -0.39 is 5.91 Å². The smallest absolute Gasteiger partial charge is 0.307 e. The topological polar surface area (TPSA) is 87.2 Å². The summed E-state index contributed by atoms with van der Waals surface area (Å²) >= 11 is 6.27. The first kappa shape index (κ1) is 25.9. The lowest BCUT2D eigenvalue weighted by Crippen LogP contribution is -2.16. The SMILES string of the molecule is CCOc1c(Cl)cc(/C=N/NC(=O)c2ccc(COc3ccc(-n4c(C)ccc4C)cc3)o2)cc1OC. The Hall–Kier alpha value is -4.17. The van der Waals surface area contributed by atoms with Gasteiger partial charge in [-0.05, 0) is 87.0 Å². The fraction of sp³-hybridized carbons (Fsp3) is 0.214. The standard InChI is InChI=1S/C28H28ClN3O5/c1-5-35-27-24(29)14-20(15-26(27)34-4)16-30-31-28(33)25-13-12-23(37-25)17-36-22-10-8-21(9-11-22)32-18(2)6-7-19(32)3/h6-16H,5,17H2,1-4H3,(H,31,33)/b30-16+. The van der Waals surface area contributed by atoms with Crippen molar-refractivity contribution in [2.24, 2.45) is 5.10 Å². The number of rotatable bonds is 10. The summed E-state index contributed by atoms with van der Waals surface area (Å²) in [5.74, 6) is 1.77. The van der Waals surface area contributed by atoms with E-state index in [0.717, 1.165) is 5.69 Å². The van der Waals surface area contributed by atoms with Crippen molar-refractivity contribution in [2.75, 3.05) is 13.7 Å². The van der Waals surface area contributed by atoms with Gasteiger partial charge in [0.2, 0.25) is 0 Å². The molecule has 2 aromatic heterocycles. The van der Waals surface area contributed by atoms with E-state index in [1.165, 1.54) is 24.7 Å². The van der Waals surface area contributed by atoms with Crippen LogP contribution in [0, 0.1) is 13.8 Å². The zero-order valence-corrected chi connectivity index (χ0v) is 21.8. The Kier molecular flexibility index (Phi) is 8.20. The zero-order chi connectivity index (χ0) is 26.4. The van der Waals surface area contributed by atoms with Gasteiger partial charge in [0.1, 0.15) is 18.1 Å². The highest BCUT2D eigenvalue weighted by Crippen LogP contribution is 2.36. The second-order valence-corrected chi connectivity index (χ2v) is 8.57. The highest BCUT2D eigenvalue weighted by atomic mass is 35.5. The number of ether oxygens (including phenoxy) is 3. The number of aromatic nitrogens is 1. The number of hydrogen-bond donors (Lipinski definition) is 1. The van der Waals surface area contributed by atoms with Crippen LogP contribution in [0.1, 0.15) is 40.2 Å². The number of nitrogens with one attached hydrogen (secondary N) is 1. The number of nitrogens with zero attached hydrogens (tertiary/aromatic N) is 2. The largest absolute Gasteiger partial charge is 0.493 e. The van der Waals surface area contributed by atoms with Crippen LogP contribution in [-0.4, -0.2) is 30.4 Å². The summed E-state index contributed by atoms with van der Waals surface area (Å²) in [6.07, 6.45) is 1.45. The number of methoxy groups -OCH3 is 1. The second-order valence-electron chi connectivity index (χ2n) is 8.17. The Morgan fingerprint density at radius 1 is 1.05 bits per heavy atom. The molecule has 0 saturated heterocycles. The summed E-state index contributed by atoms with van der Waals surface area (Å²) in [6.45, 7) is 6.63. The number of carbonyl (C=O) groups excluding carboxylic acids is 1. The van der Waals surface area contributed by atoms with Gasteiger partial charge in [0, 0.05) is 17.1 Å². The maximum absolute atomic E-state index is 12.4. The molecule has 2 heterocycles. The zero-order valence-electron chi connectivity index (χ0n) is 21.1. The van der Waals surface area contributed by atoms with Gasteiger partial charge in [-0.25, -0.2) is 5.43 Å². The maximum Gasteiger partial charge on any atom is 0.307 e. The summed E-state index contributed by atoms with van der Waals surface area (Å²) in [4.78, 5) is 12.4. The fourth-order valence-corrected chi connectivity index (χ4v) is 4.09. The molecule has 192 valence electrons. The fourth-order valence-electron chi connectivity index (χ4n) is 3.82. The van der Waals surface area contributed by atoms with Crippen LogP contribution >= 0.6 is 11.6 Å². The molecule has 2 aromatic carbocycles. The number of carbonyl (C=O) groups is 1. The summed E-state index contributed by atoms with van der Waals surface area (Å²) in [6, 6.07) is 18.6. The van der Waals surface area contributed by atoms with Crippen molar-refractivity contribution in [1.82, 2.24) is 9.99 Å². The normalized spacial score (nSPS) is 11.1. The summed E-state index contributed by atoms with van der Waals surface area (Å²) in [5.41, 5.74) is 6.47. The monoisotopic (exact) mass is 521 g/mol. The molecular weight excluding hydrogens is 494 g/mol. The van der Waals surface area contributed by atoms with Gasteiger partial charge in [-0.2, -0.15) is 5.10 Å². The van der Waals surface area contributed by atoms with Gasteiger partial charge in [-0.1, -0.05) is 11.6 Å². The Balaban J connectivity index is 1.32. The van der Waals surface area contributed by atoms with Crippen molar-refractivity contribution in [2.45, 2.75) is 27.4 Å². The molecule has 0 radical (unpaired) electrons. The molecule has 0 spiro atoms. The first-order chi connectivity index (χ1) is 17.9. The van der Waals surface area contributed by atoms with E-state index in [-0.39, 0.29) is 12.4 Å². The molecule has 9 heteroatoms. The molecule has 0 fully saturated rings. The minimum atomic E-state index is -0.492. The second kappa shape index (κ2) is 11.7. The van der Waals surface area contributed by atoms with Crippen molar-refractivity contribution >= 4 is 23.7 Å². The van der Waals surface area contributed by atoms with Gasteiger partial charge < -0.3 is 23.2 Å². The average molecular weight is 522 g/mol. The van der Waals surface area contributed by atoms with E-state index in [4.69, 9.17) is 30.2 Å². The number of hydrazone groups is 1. The third-order valence-corrected chi connectivity index (χ3v) is 5.83. The average Bonchev–Trinajstić information content (AvgIpc) is 3.50. The van der Waals surface area contributed by atoms with Crippen molar-refractivity contribution in [1.29, 1.82) is 0 Å². The molecule has 0 bridgehead atoms. The molecule has 37 heavy (non-hydrogen) atoms. The van der Waals surface area contributed by atoms with Gasteiger partial charge >= 0.3 is 5.91 Å². The Labute approximate surface area is 220 Å². The highest BCUT2D eigenvalue weighted by Gasteiger charge is 2.13. The highest BCUT2D eigenvalue weighted by molar-refractivity contribution is 6.32. The summed E-state index contributed by atoms with van der Waals surface area (Å²) in [7, 11) is 1.52. The van der Waals surface area contributed by atoms with Crippen LogP contribution < -0.4 is 19.6 Å². The number of furan rings is 1. The molecule has 0 atom stereocenters. The molecule has 4 aromatic rings. The van der Waals surface area contributed by atoms with Gasteiger partial charge in [-0.3, -0.25) is 4.79 Å². The number of aryl methyl sites for hydroxylation is 2. The van der Waals surface area contributed by atoms with Crippen LogP contribution in [-0.2, 0) is 6.61 Å². The predicted molar refractivity (Wildman–Crippen MR) is 143 cm³/mol. The molecule has 1 amide bonds. The van der Waals surface area contributed by atoms with Crippen LogP contribution in [0.4, 0.5) is 0 Å². The van der Waals surface area contributed by atoms with Crippen LogP contribution in [0.3, 0.4) is 0 Å². The first-order valence-electron chi connectivity index (χ1n) is 11.7.